The molecule has 0 aliphatic heterocycles. The van der Waals surface area contributed by atoms with Gasteiger partial charge in [-0.1, -0.05) is 71.9 Å². The number of pyridine rings is 1. The normalized spacial score (nSPS) is 10.7. The fourth-order valence-electron chi connectivity index (χ4n) is 3.77. The van der Waals surface area contributed by atoms with Gasteiger partial charge in [0.1, 0.15) is 17.1 Å². The minimum absolute atomic E-state index is 0.709. The molecule has 0 radical (unpaired) electrons. The van der Waals surface area contributed by atoms with Crippen LogP contribution in [-0.2, 0) is 0 Å². The Morgan fingerprint density at radius 3 is 2.24 bits per heavy atom. The third kappa shape index (κ3) is 4.34. The van der Waals surface area contributed by atoms with Crippen LogP contribution >= 0.6 is 0 Å². The average Bonchev–Trinajstić information content (AvgIpc) is 3.24. The largest absolute Gasteiger partial charge is 0.495 e. The Kier molecular flexibility index (Phi) is 5.60. The van der Waals surface area contributed by atoms with Crippen LogP contribution in [0.15, 0.2) is 102 Å². The minimum Gasteiger partial charge on any atom is -0.495 e. The molecule has 5 rings (SSSR count). The van der Waals surface area contributed by atoms with E-state index in [2.05, 4.69) is 57.9 Å². The number of nitrogens with zero attached hydrogens (tertiary/aromatic N) is 2. The first-order valence-corrected chi connectivity index (χ1v) is 10.7. The zero-order valence-corrected chi connectivity index (χ0v) is 18.4. The lowest BCUT2D eigenvalue weighted by atomic mass is 10.0. The lowest BCUT2D eigenvalue weighted by molar-refractivity contribution is 0.413. The van der Waals surface area contributed by atoms with E-state index in [1.807, 2.05) is 55.6 Å². The standard InChI is InChI=1S/C28H23N3O2/c1-19-27(30-25-10-6-9-23(15-25)24-16-26(32-2)18-29-17-24)28(33-31-19)22-13-11-21(12-14-22)20-7-4-3-5-8-20/h3-18,30H,1-2H3. The lowest BCUT2D eigenvalue weighted by Gasteiger charge is -2.10. The number of aryl methyl sites for hydroxylation is 1. The number of hydrogen-bond donors (Lipinski definition) is 1. The van der Waals surface area contributed by atoms with Crippen molar-refractivity contribution in [3.05, 3.63) is 103 Å². The van der Waals surface area contributed by atoms with Gasteiger partial charge in [-0.3, -0.25) is 4.98 Å². The molecule has 0 saturated carbocycles. The number of rotatable bonds is 6. The predicted octanol–water partition coefficient (Wildman–Crippen LogP) is 7.13. The van der Waals surface area contributed by atoms with E-state index in [4.69, 9.17) is 9.26 Å². The molecule has 0 bridgehead atoms. The molecule has 0 aliphatic rings. The van der Waals surface area contributed by atoms with Crippen LogP contribution in [0.2, 0.25) is 0 Å². The van der Waals surface area contributed by atoms with Crippen LogP contribution in [0.1, 0.15) is 5.69 Å². The number of anilines is 2. The van der Waals surface area contributed by atoms with Crippen molar-refractivity contribution in [3.63, 3.8) is 0 Å². The van der Waals surface area contributed by atoms with E-state index in [-0.39, 0.29) is 0 Å². The highest BCUT2D eigenvalue weighted by molar-refractivity contribution is 5.81. The maximum absolute atomic E-state index is 5.71. The maximum Gasteiger partial charge on any atom is 0.190 e. The summed E-state index contributed by atoms with van der Waals surface area (Å²) in [7, 11) is 1.64. The molecule has 2 heterocycles. The summed E-state index contributed by atoms with van der Waals surface area (Å²) in [5.74, 6) is 1.43. The van der Waals surface area contributed by atoms with Crippen LogP contribution in [-0.4, -0.2) is 17.3 Å². The molecule has 162 valence electrons. The van der Waals surface area contributed by atoms with E-state index in [1.54, 1.807) is 13.3 Å². The van der Waals surface area contributed by atoms with Crippen LogP contribution in [0.4, 0.5) is 11.4 Å². The topological polar surface area (TPSA) is 60.2 Å². The Morgan fingerprint density at radius 2 is 1.45 bits per heavy atom. The van der Waals surface area contributed by atoms with E-state index in [9.17, 15) is 0 Å². The molecule has 0 fully saturated rings. The summed E-state index contributed by atoms with van der Waals surface area (Å²) in [5, 5.41) is 7.71. The molecule has 1 N–H and O–H groups in total. The van der Waals surface area contributed by atoms with Gasteiger partial charge in [0, 0.05) is 23.0 Å². The predicted molar refractivity (Wildman–Crippen MR) is 132 cm³/mol. The van der Waals surface area contributed by atoms with Crippen molar-refractivity contribution in [1.82, 2.24) is 10.1 Å². The minimum atomic E-state index is 0.709. The van der Waals surface area contributed by atoms with Crippen LogP contribution in [0.5, 0.6) is 5.75 Å². The highest BCUT2D eigenvalue weighted by atomic mass is 16.5. The van der Waals surface area contributed by atoms with E-state index < -0.39 is 0 Å². The Morgan fingerprint density at radius 1 is 0.727 bits per heavy atom. The highest BCUT2D eigenvalue weighted by Crippen LogP contribution is 2.35. The Balaban J connectivity index is 1.44. The lowest BCUT2D eigenvalue weighted by Crippen LogP contribution is -1.94. The molecular weight excluding hydrogens is 410 g/mol. The van der Waals surface area contributed by atoms with Crippen LogP contribution in [0.25, 0.3) is 33.6 Å². The third-order valence-corrected chi connectivity index (χ3v) is 5.53. The van der Waals surface area contributed by atoms with E-state index in [0.717, 1.165) is 45.1 Å². The molecule has 5 aromatic rings. The van der Waals surface area contributed by atoms with Crippen molar-refractivity contribution in [1.29, 1.82) is 0 Å². The molecule has 0 unspecified atom stereocenters. The zero-order valence-electron chi connectivity index (χ0n) is 18.4. The fourth-order valence-corrected chi connectivity index (χ4v) is 3.77. The maximum atomic E-state index is 5.71. The smallest absolute Gasteiger partial charge is 0.190 e. The third-order valence-electron chi connectivity index (χ3n) is 5.53. The van der Waals surface area contributed by atoms with Gasteiger partial charge in [0.15, 0.2) is 5.76 Å². The number of aromatic nitrogens is 2. The van der Waals surface area contributed by atoms with Crippen LogP contribution < -0.4 is 10.1 Å². The highest BCUT2D eigenvalue weighted by Gasteiger charge is 2.16. The summed E-state index contributed by atoms with van der Waals surface area (Å²) in [6.45, 7) is 1.93. The quantitative estimate of drug-likeness (QED) is 0.309. The second kappa shape index (κ2) is 9.01. The van der Waals surface area contributed by atoms with Gasteiger partial charge in [-0.05, 0) is 41.8 Å². The molecule has 0 atom stereocenters. The monoisotopic (exact) mass is 433 g/mol. The molecule has 0 saturated heterocycles. The molecule has 0 spiro atoms. The molecule has 0 amide bonds. The van der Waals surface area contributed by atoms with Crippen LogP contribution in [0.3, 0.4) is 0 Å². The van der Waals surface area contributed by atoms with Gasteiger partial charge in [0.2, 0.25) is 0 Å². The van der Waals surface area contributed by atoms with Crippen molar-refractivity contribution in [2.75, 3.05) is 12.4 Å². The first kappa shape index (κ1) is 20.5. The summed E-state index contributed by atoms with van der Waals surface area (Å²) >= 11 is 0. The molecule has 0 aliphatic carbocycles. The summed E-state index contributed by atoms with van der Waals surface area (Å²) < 4.78 is 11.0. The second-order valence-corrected chi connectivity index (χ2v) is 7.73. The van der Waals surface area contributed by atoms with E-state index in [1.165, 1.54) is 5.56 Å². The molecule has 3 aromatic carbocycles. The van der Waals surface area contributed by atoms with Gasteiger partial charge in [-0.2, -0.15) is 0 Å². The van der Waals surface area contributed by atoms with Crippen molar-refractivity contribution < 1.29 is 9.26 Å². The molecular formula is C28H23N3O2. The average molecular weight is 434 g/mol. The van der Waals surface area contributed by atoms with Gasteiger partial charge in [0.25, 0.3) is 0 Å². The molecule has 2 aromatic heterocycles. The van der Waals surface area contributed by atoms with Crippen molar-refractivity contribution in [3.8, 4) is 39.3 Å². The second-order valence-electron chi connectivity index (χ2n) is 7.73. The fraction of sp³-hybridized carbons (Fsp3) is 0.0714. The molecule has 5 nitrogen and oxygen atoms in total. The van der Waals surface area contributed by atoms with E-state index >= 15 is 0 Å². The first-order chi connectivity index (χ1) is 16.2. The van der Waals surface area contributed by atoms with Crippen molar-refractivity contribution in [2.45, 2.75) is 6.92 Å². The Bertz CT molecular complexity index is 1380. The van der Waals surface area contributed by atoms with Crippen molar-refractivity contribution in [2.24, 2.45) is 0 Å². The number of methoxy groups -OCH3 is 1. The van der Waals surface area contributed by atoms with Gasteiger partial charge < -0.3 is 14.6 Å². The van der Waals surface area contributed by atoms with Gasteiger partial charge in [0.05, 0.1) is 13.3 Å². The SMILES string of the molecule is COc1cncc(-c2cccc(Nc3c(C)noc3-c3ccc(-c4ccccc4)cc3)c2)c1. The zero-order chi connectivity index (χ0) is 22.6. The van der Waals surface area contributed by atoms with Gasteiger partial charge in [-0.25, -0.2) is 0 Å². The molecule has 5 heteroatoms. The van der Waals surface area contributed by atoms with Gasteiger partial charge >= 0.3 is 0 Å². The Labute approximate surface area is 192 Å². The number of hydrogen-bond acceptors (Lipinski definition) is 5. The van der Waals surface area contributed by atoms with Gasteiger partial charge in [-0.15, -0.1) is 0 Å². The van der Waals surface area contributed by atoms with E-state index in [0.29, 0.717) is 5.76 Å². The summed E-state index contributed by atoms with van der Waals surface area (Å²) in [6.07, 6.45) is 3.52. The number of nitrogens with one attached hydrogen (secondary N) is 1. The van der Waals surface area contributed by atoms with Crippen molar-refractivity contribution >= 4 is 11.4 Å². The Hall–Kier alpha value is -4.38. The number of ether oxygens (including phenoxy) is 1. The summed E-state index contributed by atoms with van der Waals surface area (Å²) in [4.78, 5) is 4.26. The number of benzene rings is 3. The molecule has 33 heavy (non-hydrogen) atoms. The summed E-state index contributed by atoms with van der Waals surface area (Å²) in [6, 6.07) is 28.8. The van der Waals surface area contributed by atoms with Crippen LogP contribution in [0, 0.1) is 6.92 Å². The summed E-state index contributed by atoms with van der Waals surface area (Å²) in [5.41, 5.74) is 7.90. The first-order valence-electron chi connectivity index (χ1n) is 10.7.